The normalized spacial score (nSPS) is 11.9. The standard InChI is InChI=1S/C26H28N6O2/c1-4-16(3)32-14-21(22-24(27)28-15-29-25(22)32)23(33)18-9-7-11-20(13-18)31-26(34)30-19-10-6-8-17(5-2)12-19/h6-16H,4-5H2,1-3H3,(H2,27,28,29)(H2,30,31,34). The Morgan fingerprint density at radius 2 is 1.74 bits per heavy atom. The topological polar surface area (TPSA) is 115 Å². The third-order valence-electron chi connectivity index (χ3n) is 5.92. The lowest BCUT2D eigenvalue weighted by Gasteiger charge is -2.11. The van der Waals surface area contributed by atoms with Gasteiger partial charge >= 0.3 is 6.03 Å². The van der Waals surface area contributed by atoms with Crippen molar-refractivity contribution in [3.8, 4) is 0 Å². The molecule has 4 N–H and O–H groups in total. The van der Waals surface area contributed by atoms with E-state index in [0.29, 0.717) is 33.5 Å². The summed E-state index contributed by atoms with van der Waals surface area (Å²) in [5.74, 6) is 0.0478. The molecule has 0 saturated carbocycles. The fourth-order valence-electron chi connectivity index (χ4n) is 3.87. The lowest BCUT2D eigenvalue weighted by atomic mass is 10.0. The van der Waals surface area contributed by atoms with Crippen LogP contribution in [0.3, 0.4) is 0 Å². The number of anilines is 3. The molecule has 0 fully saturated rings. The van der Waals surface area contributed by atoms with E-state index in [1.807, 2.05) is 28.8 Å². The minimum absolute atomic E-state index is 0.140. The molecule has 0 aliphatic heterocycles. The van der Waals surface area contributed by atoms with E-state index in [9.17, 15) is 9.59 Å². The molecule has 4 rings (SSSR count). The zero-order chi connectivity index (χ0) is 24.2. The summed E-state index contributed by atoms with van der Waals surface area (Å²) in [6, 6.07) is 14.3. The van der Waals surface area contributed by atoms with Gasteiger partial charge in [0.15, 0.2) is 5.78 Å². The summed E-state index contributed by atoms with van der Waals surface area (Å²) in [4.78, 5) is 34.5. The Balaban J connectivity index is 1.60. The predicted octanol–water partition coefficient (Wildman–Crippen LogP) is 5.42. The van der Waals surface area contributed by atoms with Crippen molar-refractivity contribution in [3.05, 3.63) is 77.7 Å². The van der Waals surface area contributed by atoms with E-state index in [0.717, 1.165) is 18.4 Å². The van der Waals surface area contributed by atoms with Crippen LogP contribution in [0.1, 0.15) is 54.7 Å². The van der Waals surface area contributed by atoms with Crippen LogP contribution >= 0.6 is 0 Å². The molecule has 0 radical (unpaired) electrons. The van der Waals surface area contributed by atoms with Crippen LogP contribution in [-0.4, -0.2) is 26.3 Å². The van der Waals surface area contributed by atoms with Crippen molar-refractivity contribution in [1.29, 1.82) is 0 Å². The maximum Gasteiger partial charge on any atom is 0.323 e. The Bertz CT molecular complexity index is 1360. The number of hydrogen-bond acceptors (Lipinski definition) is 5. The van der Waals surface area contributed by atoms with Gasteiger partial charge in [-0.15, -0.1) is 0 Å². The van der Waals surface area contributed by atoms with E-state index >= 15 is 0 Å². The number of carbonyl (C=O) groups is 2. The predicted molar refractivity (Wildman–Crippen MR) is 135 cm³/mol. The van der Waals surface area contributed by atoms with Gasteiger partial charge in [0.1, 0.15) is 17.8 Å². The molecule has 4 aromatic rings. The Labute approximate surface area is 198 Å². The molecule has 1 atom stereocenters. The average molecular weight is 457 g/mol. The van der Waals surface area contributed by atoms with Crippen molar-refractivity contribution in [2.75, 3.05) is 16.4 Å². The number of carbonyl (C=O) groups excluding carboxylic acids is 2. The molecular formula is C26H28N6O2. The Morgan fingerprint density at radius 1 is 1.03 bits per heavy atom. The number of nitrogens with two attached hydrogens (primary N) is 1. The van der Waals surface area contributed by atoms with Gasteiger partial charge in [0, 0.05) is 29.2 Å². The van der Waals surface area contributed by atoms with Crippen LogP contribution in [0.25, 0.3) is 11.0 Å². The molecule has 0 saturated heterocycles. The lowest BCUT2D eigenvalue weighted by Crippen LogP contribution is -2.19. The number of aromatic nitrogens is 3. The van der Waals surface area contributed by atoms with Gasteiger partial charge < -0.3 is 20.9 Å². The highest BCUT2D eigenvalue weighted by Gasteiger charge is 2.22. The Kier molecular flexibility index (Phi) is 6.58. The number of nitrogen functional groups attached to an aromatic ring is 1. The highest BCUT2D eigenvalue weighted by molar-refractivity contribution is 6.18. The number of fused-ring (bicyclic) bond motifs is 1. The average Bonchev–Trinajstić information content (AvgIpc) is 3.24. The van der Waals surface area contributed by atoms with Crippen molar-refractivity contribution < 1.29 is 9.59 Å². The number of benzene rings is 2. The largest absolute Gasteiger partial charge is 0.383 e. The molecule has 174 valence electrons. The summed E-state index contributed by atoms with van der Waals surface area (Å²) < 4.78 is 1.96. The van der Waals surface area contributed by atoms with Gasteiger partial charge in [-0.1, -0.05) is 38.1 Å². The second-order valence-electron chi connectivity index (χ2n) is 8.21. The zero-order valence-electron chi connectivity index (χ0n) is 19.5. The maximum absolute atomic E-state index is 13.5. The van der Waals surface area contributed by atoms with Gasteiger partial charge in [-0.2, -0.15) is 0 Å². The zero-order valence-corrected chi connectivity index (χ0v) is 19.5. The van der Waals surface area contributed by atoms with E-state index < -0.39 is 0 Å². The van der Waals surface area contributed by atoms with E-state index in [1.54, 1.807) is 30.5 Å². The summed E-state index contributed by atoms with van der Waals surface area (Å²) in [5, 5.41) is 6.17. The summed E-state index contributed by atoms with van der Waals surface area (Å²) in [7, 11) is 0. The van der Waals surface area contributed by atoms with E-state index in [2.05, 4.69) is 41.4 Å². The van der Waals surface area contributed by atoms with Crippen molar-refractivity contribution in [1.82, 2.24) is 14.5 Å². The number of rotatable bonds is 7. The number of nitrogens with zero attached hydrogens (tertiary/aromatic N) is 3. The van der Waals surface area contributed by atoms with E-state index in [-0.39, 0.29) is 23.7 Å². The summed E-state index contributed by atoms with van der Waals surface area (Å²) in [6.45, 7) is 6.19. The van der Waals surface area contributed by atoms with Crippen molar-refractivity contribution in [3.63, 3.8) is 0 Å². The molecule has 0 aliphatic carbocycles. The number of urea groups is 1. The molecule has 0 aliphatic rings. The fraction of sp³-hybridized carbons (Fsp3) is 0.231. The van der Waals surface area contributed by atoms with Crippen LogP contribution in [0.15, 0.2) is 61.1 Å². The van der Waals surface area contributed by atoms with Gasteiger partial charge in [0.2, 0.25) is 0 Å². The molecule has 1 unspecified atom stereocenters. The molecule has 2 aromatic heterocycles. The Morgan fingerprint density at radius 3 is 2.44 bits per heavy atom. The van der Waals surface area contributed by atoms with E-state index in [1.165, 1.54) is 6.33 Å². The first kappa shape index (κ1) is 23.0. The molecule has 34 heavy (non-hydrogen) atoms. The van der Waals surface area contributed by atoms with Crippen LogP contribution < -0.4 is 16.4 Å². The number of hydrogen-bond donors (Lipinski definition) is 3. The second-order valence-corrected chi connectivity index (χ2v) is 8.21. The van der Waals surface area contributed by atoms with Crippen LogP contribution in [0, 0.1) is 0 Å². The number of nitrogens with one attached hydrogen (secondary N) is 2. The Hall–Kier alpha value is -4.20. The minimum Gasteiger partial charge on any atom is -0.383 e. The number of amides is 2. The third-order valence-corrected chi connectivity index (χ3v) is 5.92. The fourth-order valence-corrected chi connectivity index (χ4v) is 3.87. The second kappa shape index (κ2) is 9.74. The quantitative estimate of drug-likeness (QED) is 0.321. The summed E-state index contributed by atoms with van der Waals surface area (Å²) in [6.07, 6.45) is 4.95. The molecule has 0 spiro atoms. The summed E-state index contributed by atoms with van der Waals surface area (Å²) >= 11 is 0. The molecule has 2 amide bonds. The molecule has 8 heteroatoms. The van der Waals surface area contributed by atoms with Gasteiger partial charge in [0.05, 0.1) is 10.9 Å². The monoisotopic (exact) mass is 456 g/mol. The number of aryl methyl sites for hydroxylation is 1. The summed E-state index contributed by atoms with van der Waals surface area (Å²) in [5.41, 5.74) is 9.97. The van der Waals surface area contributed by atoms with Crippen LogP contribution in [-0.2, 0) is 6.42 Å². The van der Waals surface area contributed by atoms with Gasteiger partial charge in [-0.3, -0.25) is 4.79 Å². The third kappa shape index (κ3) is 4.61. The molecule has 8 nitrogen and oxygen atoms in total. The maximum atomic E-state index is 13.5. The van der Waals surface area contributed by atoms with Crippen LogP contribution in [0.2, 0.25) is 0 Å². The SMILES string of the molecule is CCc1cccc(NC(=O)Nc2cccc(C(=O)c3cn(C(C)CC)c4ncnc(N)c34)c2)c1. The number of ketones is 1. The molecular weight excluding hydrogens is 428 g/mol. The van der Waals surface area contributed by atoms with Crippen LogP contribution in [0.5, 0.6) is 0 Å². The van der Waals surface area contributed by atoms with Crippen LogP contribution in [0.4, 0.5) is 22.0 Å². The van der Waals surface area contributed by atoms with Crippen molar-refractivity contribution >= 4 is 40.0 Å². The minimum atomic E-state index is -0.385. The molecule has 2 aromatic carbocycles. The van der Waals surface area contributed by atoms with Gasteiger partial charge in [0.25, 0.3) is 0 Å². The van der Waals surface area contributed by atoms with Crippen molar-refractivity contribution in [2.24, 2.45) is 0 Å². The van der Waals surface area contributed by atoms with Gasteiger partial charge in [-0.05, 0) is 49.6 Å². The first-order valence-electron chi connectivity index (χ1n) is 11.3. The van der Waals surface area contributed by atoms with Crippen molar-refractivity contribution in [2.45, 2.75) is 39.7 Å². The molecule has 0 bridgehead atoms. The highest BCUT2D eigenvalue weighted by atomic mass is 16.2. The lowest BCUT2D eigenvalue weighted by molar-refractivity contribution is 0.104. The highest BCUT2D eigenvalue weighted by Crippen LogP contribution is 2.29. The van der Waals surface area contributed by atoms with E-state index in [4.69, 9.17) is 5.73 Å². The first-order valence-corrected chi connectivity index (χ1v) is 11.3. The molecule has 2 heterocycles. The van der Waals surface area contributed by atoms with Gasteiger partial charge in [-0.25, -0.2) is 14.8 Å². The first-order chi connectivity index (χ1) is 16.4. The smallest absolute Gasteiger partial charge is 0.323 e.